The summed E-state index contributed by atoms with van der Waals surface area (Å²) >= 11 is 0. The Hall–Kier alpha value is -2.92. The van der Waals surface area contributed by atoms with Crippen LogP contribution in [-0.4, -0.2) is 28.8 Å². The molecule has 5 heteroatoms. The number of nitrogens with one attached hydrogen (secondary N) is 2. The van der Waals surface area contributed by atoms with Gasteiger partial charge in [-0.2, -0.15) is 5.10 Å². The van der Waals surface area contributed by atoms with Gasteiger partial charge in [0.25, 0.3) is 5.91 Å². The molecule has 1 saturated heterocycles. The molecule has 0 atom stereocenters. The molecular weight excluding hydrogens is 372 g/mol. The van der Waals surface area contributed by atoms with Crippen LogP contribution in [0.2, 0.25) is 0 Å². The number of anilines is 1. The van der Waals surface area contributed by atoms with E-state index in [-0.39, 0.29) is 5.91 Å². The fourth-order valence-corrected chi connectivity index (χ4v) is 4.28. The summed E-state index contributed by atoms with van der Waals surface area (Å²) in [5, 5.41) is 11.2. The largest absolute Gasteiger partial charge is 0.322 e. The van der Waals surface area contributed by atoms with Gasteiger partial charge in [-0.1, -0.05) is 36.8 Å². The van der Waals surface area contributed by atoms with Crippen molar-refractivity contribution in [3.8, 4) is 5.69 Å². The summed E-state index contributed by atoms with van der Waals surface area (Å²) in [6, 6.07) is 14.4. The summed E-state index contributed by atoms with van der Waals surface area (Å²) in [4.78, 5) is 13.2. The maximum atomic E-state index is 13.2. The van der Waals surface area contributed by atoms with Crippen molar-refractivity contribution < 1.29 is 4.79 Å². The molecule has 3 aromatic rings. The first-order valence-electron chi connectivity index (χ1n) is 10.8. The highest BCUT2D eigenvalue weighted by Gasteiger charge is 2.27. The van der Waals surface area contributed by atoms with Gasteiger partial charge in [0.15, 0.2) is 0 Å². The highest BCUT2D eigenvalue weighted by atomic mass is 16.1. The van der Waals surface area contributed by atoms with Gasteiger partial charge in [-0.05, 0) is 75.5 Å². The Kier molecular flexibility index (Phi) is 6.00. The monoisotopic (exact) mass is 402 g/mol. The van der Waals surface area contributed by atoms with E-state index in [1.54, 1.807) is 6.20 Å². The average Bonchev–Trinajstić information content (AvgIpc) is 3.20. The van der Waals surface area contributed by atoms with Crippen LogP contribution in [0.25, 0.3) is 5.69 Å². The maximum absolute atomic E-state index is 13.2. The summed E-state index contributed by atoms with van der Waals surface area (Å²) in [6.07, 6.45) is 4.72. The Morgan fingerprint density at radius 1 is 1.13 bits per heavy atom. The van der Waals surface area contributed by atoms with Crippen molar-refractivity contribution in [3.05, 3.63) is 76.6 Å². The molecule has 0 saturated carbocycles. The van der Waals surface area contributed by atoms with Gasteiger partial charge in [0.2, 0.25) is 0 Å². The fraction of sp³-hybridized carbons (Fsp3) is 0.360. The summed E-state index contributed by atoms with van der Waals surface area (Å²) in [6.45, 7) is 8.24. The summed E-state index contributed by atoms with van der Waals surface area (Å²) in [5.41, 5.74) is 7.18. The molecule has 1 aliphatic rings. The number of nitrogens with zero attached hydrogens (tertiary/aromatic N) is 2. The Morgan fingerprint density at radius 3 is 2.53 bits per heavy atom. The quantitative estimate of drug-likeness (QED) is 0.646. The Labute approximate surface area is 178 Å². The Balaban J connectivity index is 1.71. The van der Waals surface area contributed by atoms with Gasteiger partial charge >= 0.3 is 0 Å². The lowest BCUT2D eigenvalue weighted by molar-refractivity contribution is 0.102. The van der Waals surface area contributed by atoms with Crippen LogP contribution in [0.1, 0.15) is 58.4 Å². The summed E-state index contributed by atoms with van der Waals surface area (Å²) in [7, 11) is 0. The Bertz CT molecular complexity index is 1030. The van der Waals surface area contributed by atoms with Gasteiger partial charge in [0, 0.05) is 11.6 Å². The Morgan fingerprint density at radius 2 is 1.87 bits per heavy atom. The van der Waals surface area contributed by atoms with Crippen LogP contribution in [-0.2, 0) is 6.42 Å². The van der Waals surface area contributed by atoms with Gasteiger partial charge < -0.3 is 10.6 Å². The van der Waals surface area contributed by atoms with Crippen LogP contribution in [0.4, 0.5) is 5.69 Å². The zero-order valence-electron chi connectivity index (χ0n) is 18.0. The maximum Gasteiger partial charge on any atom is 0.259 e. The van der Waals surface area contributed by atoms with Crippen molar-refractivity contribution >= 4 is 11.6 Å². The third kappa shape index (κ3) is 4.17. The number of carbonyl (C=O) groups excluding carboxylic acids is 1. The van der Waals surface area contributed by atoms with E-state index >= 15 is 0 Å². The number of piperidine rings is 1. The average molecular weight is 403 g/mol. The van der Waals surface area contributed by atoms with E-state index in [1.165, 1.54) is 11.1 Å². The molecule has 1 aliphatic heterocycles. The van der Waals surface area contributed by atoms with Crippen LogP contribution in [0, 0.1) is 13.8 Å². The first kappa shape index (κ1) is 20.4. The highest BCUT2D eigenvalue weighted by Crippen LogP contribution is 2.31. The normalized spacial score (nSPS) is 14.6. The number of hydrogen-bond acceptors (Lipinski definition) is 3. The minimum atomic E-state index is -0.0937. The summed E-state index contributed by atoms with van der Waals surface area (Å²) in [5.74, 6) is 0.210. The second-order valence-corrected chi connectivity index (χ2v) is 8.17. The number of hydrogen-bond donors (Lipinski definition) is 2. The van der Waals surface area contributed by atoms with Crippen molar-refractivity contribution in [2.45, 2.75) is 46.0 Å². The van der Waals surface area contributed by atoms with E-state index in [2.05, 4.69) is 66.8 Å². The van der Waals surface area contributed by atoms with Crippen molar-refractivity contribution in [1.29, 1.82) is 0 Å². The number of benzene rings is 2. The standard InChI is InChI=1S/C25H30N4O/c1-4-19-6-8-21(9-7-19)28-25(30)22-16-27-29(23-10-5-17(2)15-18(23)3)24(22)20-11-13-26-14-12-20/h5-10,15-16,20,26H,4,11-14H2,1-3H3,(H,28,30). The minimum absolute atomic E-state index is 0.0937. The molecule has 5 nitrogen and oxygen atoms in total. The van der Waals surface area contributed by atoms with Crippen LogP contribution in [0.5, 0.6) is 0 Å². The smallest absolute Gasteiger partial charge is 0.259 e. The summed E-state index contributed by atoms with van der Waals surface area (Å²) < 4.78 is 1.99. The van der Waals surface area contributed by atoms with E-state index in [0.717, 1.165) is 55.0 Å². The zero-order valence-corrected chi connectivity index (χ0v) is 18.0. The lowest BCUT2D eigenvalue weighted by Crippen LogP contribution is -2.29. The van der Waals surface area contributed by atoms with Gasteiger partial charge in [-0.15, -0.1) is 0 Å². The number of rotatable bonds is 5. The molecule has 2 N–H and O–H groups in total. The van der Waals surface area contributed by atoms with Gasteiger partial charge in [0.1, 0.15) is 0 Å². The van der Waals surface area contributed by atoms with Crippen molar-refractivity contribution in [1.82, 2.24) is 15.1 Å². The molecule has 0 bridgehead atoms. The molecule has 0 spiro atoms. The van der Waals surface area contributed by atoms with Crippen LogP contribution >= 0.6 is 0 Å². The van der Waals surface area contributed by atoms with Crippen molar-refractivity contribution in [2.75, 3.05) is 18.4 Å². The third-order valence-electron chi connectivity index (χ3n) is 5.98. The second kappa shape index (κ2) is 8.84. The number of amides is 1. The van der Waals surface area contributed by atoms with E-state index in [9.17, 15) is 4.79 Å². The van der Waals surface area contributed by atoms with Crippen LogP contribution in [0.3, 0.4) is 0 Å². The van der Waals surface area contributed by atoms with Gasteiger partial charge in [-0.3, -0.25) is 4.79 Å². The topological polar surface area (TPSA) is 59.0 Å². The number of aromatic nitrogens is 2. The van der Waals surface area contributed by atoms with E-state index in [1.807, 2.05) is 16.8 Å². The highest BCUT2D eigenvalue weighted by molar-refractivity contribution is 6.05. The van der Waals surface area contributed by atoms with E-state index in [4.69, 9.17) is 0 Å². The number of carbonyl (C=O) groups is 1. The van der Waals surface area contributed by atoms with Gasteiger partial charge in [0.05, 0.1) is 23.1 Å². The molecule has 0 unspecified atom stereocenters. The van der Waals surface area contributed by atoms with Crippen LogP contribution in [0.15, 0.2) is 48.7 Å². The first-order valence-corrected chi connectivity index (χ1v) is 10.8. The molecule has 0 aliphatic carbocycles. The lowest BCUT2D eigenvalue weighted by Gasteiger charge is -2.25. The third-order valence-corrected chi connectivity index (χ3v) is 5.98. The van der Waals surface area contributed by atoms with E-state index < -0.39 is 0 Å². The number of aryl methyl sites for hydroxylation is 3. The molecule has 30 heavy (non-hydrogen) atoms. The van der Waals surface area contributed by atoms with Crippen molar-refractivity contribution in [2.24, 2.45) is 0 Å². The molecule has 1 amide bonds. The SMILES string of the molecule is CCc1ccc(NC(=O)c2cnn(-c3ccc(C)cc3C)c2C2CCNCC2)cc1. The lowest BCUT2D eigenvalue weighted by atomic mass is 9.91. The zero-order chi connectivity index (χ0) is 21.1. The van der Waals surface area contributed by atoms with Gasteiger partial charge in [-0.25, -0.2) is 4.68 Å². The predicted octanol–water partition coefficient (Wildman–Crippen LogP) is 4.77. The molecule has 1 aromatic heterocycles. The van der Waals surface area contributed by atoms with Crippen LogP contribution < -0.4 is 10.6 Å². The predicted molar refractivity (Wildman–Crippen MR) is 122 cm³/mol. The molecule has 2 aromatic carbocycles. The molecule has 1 fully saturated rings. The molecule has 156 valence electrons. The van der Waals surface area contributed by atoms with E-state index in [0.29, 0.717) is 11.5 Å². The fourth-order valence-electron chi connectivity index (χ4n) is 4.28. The molecule has 0 radical (unpaired) electrons. The first-order chi connectivity index (χ1) is 14.6. The minimum Gasteiger partial charge on any atom is -0.322 e. The molecule has 4 rings (SSSR count). The van der Waals surface area contributed by atoms with Crippen molar-refractivity contribution in [3.63, 3.8) is 0 Å². The second-order valence-electron chi connectivity index (χ2n) is 8.17. The molecular formula is C25H30N4O. The molecule has 2 heterocycles.